The van der Waals surface area contributed by atoms with Crippen molar-refractivity contribution in [2.45, 2.75) is 32.4 Å². The lowest BCUT2D eigenvalue weighted by molar-refractivity contribution is 0.0938. The van der Waals surface area contributed by atoms with Gasteiger partial charge in [0.25, 0.3) is 5.91 Å². The number of likely N-dealkylation sites (tertiary alicyclic amines) is 1. The zero-order chi connectivity index (χ0) is 22.0. The van der Waals surface area contributed by atoms with Crippen LogP contribution in [0.25, 0.3) is 11.0 Å². The molecule has 0 bridgehead atoms. The van der Waals surface area contributed by atoms with Crippen molar-refractivity contribution in [3.8, 4) is 0 Å². The molecule has 3 aromatic rings. The number of fused-ring (bicyclic) bond motifs is 1. The Balaban J connectivity index is 1.58. The van der Waals surface area contributed by atoms with Crippen LogP contribution in [-0.4, -0.2) is 40.0 Å². The predicted molar refractivity (Wildman–Crippen MR) is 122 cm³/mol. The van der Waals surface area contributed by atoms with Gasteiger partial charge < -0.3 is 14.9 Å². The lowest BCUT2D eigenvalue weighted by Gasteiger charge is -2.29. The molecule has 1 atom stereocenters. The fourth-order valence-corrected chi connectivity index (χ4v) is 4.52. The fraction of sp³-hybridized carbons (Fsp3) is 0.348. The molecule has 0 saturated carbocycles. The first-order valence-corrected chi connectivity index (χ1v) is 10.9. The first-order valence-electron chi connectivity index (χ1n) is 10.5. The van der Waals surface area contributed by atoms with E-state index in [0.29, 0.717) is 34.7 Å². The summed E-state index contributed by atoms with van der Waals surface area (Å²) < 4.78 is 1.40. The average molecular weight is 441 g/mol. The third kappa shape index (κ3) is 4.29. The number of aromatic amines is 1. The molecule has 7 nitrogen and oxygen atoms in total. The van der Waals surface area contributed by atoms with Crippen LogP contribution >= 0.6 is 11.6 Å². The zero-order valence-corrected chi connectivity index (χ0v) is 18.1. The zero-order valence-electron chi connectivity index (χ0n) is 17.4. The van der Waals surface area contributed by atoms with Gasteiger partial charge in [-0.05, 0) is 62.7 Å². The van der Waals surface area contributed by atoms with Crippen LogP contribution in [0.5, 0.6) is 0 Å². The van der Waals surface area contributed by atoms with Gasteiger partial charge in [-0.1, -0.05) is 29.8 Å². The summed E-state index contributed by atoms with van der Waals surface area (Å²) in [6.45, 7) is 4.54. The molecule has 2 heterocycles. The largest absolute Gasteiger partial charge is 0.350 e. The Morgan fingerprint density at radius 1 is 1.16 bits per heavy atom. The van der Waals surface area contributed by atoms with Crippen molar-refractivity contribution >= 4 is 28.5 Å². The smallest absolute Gasteiger partial charge is 0.316 e. The molecule has 1 fully saturated rings. The summed E-state index contributed by atoms with van der Waals surface area (Å²) in [5, 5.41) is 3.71. The summed E-state index contributed by atoms with van der Waals surface area (Å²) in [4.78, 5) is 41.8. The van der Waals surface area contributed by atoms with Gasteiger partial charge >= 0.3 is 11.1 Å². The molecule has 162 valence electrons. The number of nitrogens with one attached hydrogen (secondary N) is 2. The number of H-pyrrole nitrogens is 1. The molecule has 2 aromatic carbocycles. The van der Waals surface area contributed by atoms with Gasteiger partial charge in [-0.15, -0.1) is 0 Å². The minimum atomic E-state index is -0.695. The molecule has 0 spiro atoms. The number of rotatable bonds is 6. The topological polar surface area (TPSA) is 87.2 Å². The molecule has 1 aromatic heterocycles. The number of aryl methyl sites for hydroxylation is 1. The quantitative estimate of drug-likeness (QED) is 0.577. The summed E-state index contributed by atoms with van der Waals surface area (Å²) in [5.74, 6) is -0.242. The third-order valence-corrected chi connectivity index (χ3v) is 6.20. The number of amides is 1. The lowest BCUT2D eigenvalue weighted by Crippen LogP contribution is -2.37. The molecule has 1 amide bonds. The van der Waals surface area contributed by atoms with Crippen molar-refractivity contribution in [2.24, 2.45) is 0 Å². The van der Waals surface area contributed by atoms with E-state index in [-0.39, 0.29) is 11.9 Å². The van der Waals surface area contributed by atoms with Crippen LogP contribution in [0.4, 0.5) is 0 Å². The average Bonchev–Trinajstić information content (AvgIpc) is 3.30. The second kappa shape index (κ2) is 9.08. The fourth-order valence-electron chi connectivity index (χ4n) is 4.26. The second-order valence-corrected chi connectivity index (χ2v) is 8.13. The molecule has 0 aliphatic carbocycles. The van der Waals surface area contributed by atoms with Crippen molar-refractivity contribution in [3.05, 3.63) is 79.3 Å². The Morgan fingerprint density at radius 3 is 2.61 bits per heavy atom. The van der Waals surface area contributed by atoms with Crippen molar-refractivity contribution in [3.63, 3.8) is 0 Å². The Kier molecular flexibility index (Phi) is 6.25. The van der Waals surface area contributed by atoms with E-state index in [1.807, 2.05) is 24.3 Å². The van der Waals surface area contributed by atoms with Crippen molar-refractivity contribution < 1.29 is 4.79 Å². The molecule has 1 saturated heterocycles. The van der Waals surface area contributed by atoms with Gasteiger partial charge in [0.1, 0.15) is 0 Å². The molecule has 4 rings (SSSR count). The maximum absolute atomic E-state index is 12.9. The van der Waals surface area contributed by atoms with Gasteiger partial charge in [0.15, 0.2) is 0 Å². The number of carbonyl (C=O) groups excluding carboxylic acids is 1. The van der Waals surface area contributed by atoms with Crippen molar-refractivity contribution in [2.75, 3.05) is 19.6 Å². The van der Waals surface area contributed by atoms with E-state index in [1.165, 1.54) is 4.57 Å². The van der Waals surface area contributed by atoms with Gasteiger partial charge in [0, 0.05) is 23.7 Å². The lowest BCUT2D eigenvalue weighted by atomic mass is 10.0. The summed E-state index contributed by atoms with van der Waals surface area (Å²) >= 11 is 6.45. The summed E-state index contributed by atoms with van der Waals surface area (Å²) in [6.07, 6.45) is 2.26. The normalized spacial score (nSPS) is 15.3. The van der Waals surface area contributed by atoms with Crippen LogP contribution in [0.1, 0.15) is 41.7 Å². The molecular weight excluding hydrogens is 416 g/mol. The number of hydrogen-bond donors (Lipinski definition) is 2. The molecular formula is C23H25ClN4O3. The maximum Gasteiger partial charge on any atom is 0.316 e. The number of nitrogens with zero attached hydrogens (tertiary/aromatic N) is 2. The molecule has 2 N–H and O–H groups in total. The number of benzene rings is 2. The van der Waals surface area contributed by atoms with Crippen LogP contribution in [0.15, 0.2) is 52.1 Å². The van der Waals surface area contributed by atoms with E-state index in [4.69, 9.17) is 11.6 Å². The van der Waals surface area contributed by atoms with E-state index in [1.54, 1.807) is 25.1 Å². The Hall–Kier alpha value is -2.90. The summed E-state index contributed by atoms with van der Waals surface area (Å²) in [5.41, 5.74) is 1.18. The first-order chi connectivity index (χ1) is 15.0. The van der Waals surface area contributed by atoms with E-state index in [2.05, 4.69) is 15.2 Å². The van der Waals surface area contributed by atoms with Crippen LogP contribution in [0.2, 0.25) is 5.02 Å². The first kappa shape index (κ1) is 21.3. The van der Waals surface area contributed by atoms with Gasteiger partial charge in [0.05, 0.1) is 17.1 Å². The highest BCUT2D eigenvalue weighted by molar-refractivity contribution is 6.31. The van der Waals surface area contributed by atoms with Crippen LogP contribution < -0.4 is 16.4 Å². The van der Waals surface area contributed by atoms with Crippen LogP contribution in [0, 0.1) is 0 Å². The Bertz CT molecular complexity index is 1230. The summed E-state index contributed by atoms with van der Waals surface area (Å²) in [7, 11) is 0. The molecule has 1 aliphatic rings. The molecule has 0 unspecified atom stereocenters. The Labute approximate surface area is 184 Å². The van der Waals surface area contributed by atoms with Gasteiger partial charge in [-0.2, -0.15) is 0 Å². The Morgan fingerprint density at radius 2 is 1.90 bits per heavy atom. The van der Waals surface area contributed by atoms with Crippen LogP contribution in [-0.2, 0) is 6.54 Å². The number of aromatic nitrogens is 2. The molecule has 31 heavy (non-hydrogen) atoms. The van der Waals surface area contributed by atoms with Gasteiger partial charge in [-0.25, -0.2) is 0 Å². The van der Waals surface area contributed by atoms with E-state index >= 15 is 0 Å². The van der Waals surface area contributed by atoms with E-state index in [9.17, 15) is 14.4 Å². The predicted octanol–water partition coefficient (Wildman–Crippen LogP) is 2.93. The number of hydrogen-bond acceptors (Lipinski definition) is 4. The standard InChI is InChI=1S/C23H25ClN4O3/c1-2-28-19-10-9-15(13-18(19)26-22(30)23(28)31)21(29)25-14-20(27-11-5-6-12-27)16-7-3-4-8-17(16)24/h3-4,7-10,13,20H,2,5-6,11-12,14H2,1H3,(H,25,29)(H,26,30)/t20-/m1/s1. The van der Waals surface area contributed by atoms with E-state index in [0.717, 1.165) is 31.5 Å². The van der Waals surface area contributed by atoms with Gasteiger partial charge in [0.2, 0.25) is 0 Å². The third-order valence-electron chi connectivity index (χ3n) is 5.85. The van der Waals surface area contributed by atoms with E-state index < -0.39 is 11.1 Å². The summed E-state index contributed by atoms with van der Waals surface area (Å²) in [6, 6.07) is 12.7. The van der Waals surface area contributed by atoms with Crippen molar-refractivity contribution in [1.82, 2.24) is 19.8 Å². The minimum absolute atomic E-state index is 0.00863. The van der Waals surface area contributed by atoms with Crippen LogP contribution in [0.3, 0.4) is 0 Å². The monoisotopic (exact) mass is 440 g/mol. The molecule has 8 heteroatoms. The number of carbonyl (C=O) groups is 1. The maximum atomic E-state index is 12.9. The molecule has 0 radical (unpaired) electrons. The minimum Gasteiger partial charge on any atom is -0.350 e. The van der Waals surface area contributed by atoms with Gasteiger partial charge in [-0.3, -0.25) is 19.3 Å². The number of halogens is 1. The second-order valence-electron chi connectivity index (χ2n) is 7.73. The highest BCUT2D eigenvalue weighted by Gasteiger charge is 2.25. The highest BCUT2D eigenvalue weighted by atomic mass is 35.5. The van der Waals surface area contributed by atoms with Crippen molar-refractivity contribution in [1.29, 1.82) is 0 Å². The highest BCUT2D eigenvalue weighted by Crippen LogP contribution is 2.29. The SMILES string of the molecule is CCn1c(=O)c(=O)[nH]c2cc(C(=O)NC[C@H](c3ccccc3Cl)N3CCCC3)ccc21. The molecule has 1 aliphatic heterocycles.